The van der Waals surface area contributed by atoms with Crippen LogP contribution < -0.4 is 5.32 Å². The summed E-state index contributed by atoms with van der Waals surface area (Å²) in [6, 6.07) is 5.59. The van der Waals surface area contributed by atoms with E-state index in [0.29, 0.717) is 12.8 Å². The summed E-state index contributed by atoms with van der Waals surface area (Å²) >= 11 is 15.6. The topological polar surface area (TPSA) is 75.7 Å². The quantitative estimate of drug-likeness (QED) is 0.310. The zero-order valence-electron chi connectivity index (χ0n) is 16.8. The summed E-state index contributed by atoms with van der Waals surface area (Å²) in [5.41, 5.74) is -0.118. The Morgan fingerprint density at radius 1 is 1.25 bits per heavy atom. The number of hydrogen-bond donors (Lipinski definition) is 2. The van der Waals surface area contributed by atoms with Crippen LogP contribution in [0.4, 0.5) is 14.5 Å². The monoisotopic (exact) mass is 524 g/mol. The molecule has 1 aliphatic heterocycles. The number of carbonyl (C=O) groups is 1. The first-order valence-corrected chi connectivity index (χ1v) is 12.2. The normalized spacial score (nSPS) is 19.7. The van der Waals surface area contributed by atoms with E-state index in [4.69, 9.17) is 27.4 Å². The van der Waals surface area contributed by atoms with Gasteiger partial charge in [-0.05, 0) is 55.9 Å². The van der Waals surface area contributed by atoms with E-state index in [0.717, 1.165) is 18.2 Å². The summed E-state index contributed by atoms with van der Waals surface area (Å²) in [5.74, 6) is -3.25. The van der Waals surface area contributed by atoms with Crippen molar-refractivity contribution < 1.29 is 26.2 Å². The largest absolute Gasteiger partial charge is 0.322 e. The Balaban J connectivity index is 1.87. The van der Waals surface area contributed by atoms with Gasteiger partial charge in [-0.3, -0.25) is 4.79 Å². The molecule has 0 aromatic heterocycles. The molecule has 2 unspecified atom stereocenters. The number of anilines is 1. The fraction of sp³-hybridized carbons (Fsp3) is 0.350. The van der Waals surface area contributed by atoms with Gasteiger partial charge < -0.3 is 9.50 Å². The average molecular weight is 525 g/mol. The molecule has 2 aromatic carbocycles. The van der Waals surface area contributed by atoms with Crippen LogP contribution in [0.5, 0.6) is 0 Å². The molecule has 32 heavy (non-hydrogen) atoms. The molecular formula is C20H20Cl2F2N2O4S2. The van der Waals surface area contributed by atoms with Gasteiger partial charge in [-0.25, -0.2) is 17.2 Å². The molecule has 1 N–H and O–H groups in total. The second-order valence-electron chi connectivity index (χ2n) is 7.32. The molecule has 0 spiro atoms. The fourth-order valence-corrected chi connectivity index (χ4v) is 6.04. The smallest absolute Gasteiger partial charge is 0.255 e. The maximum Gasteiger partial charge on any atom is 0.255 e. The summed E-state index contributed by atoms with van der Waals surface area (Å²) < 4.78 is 59.9. The standard InChI is InChI=1S/C20H20Cl2F2N2O4S2/c1-2-11-10-26(6-5-17(11)30-31)32(28,29)18-7-12(3-4-14(18)21)20(27)25-13-8-15(22)19(24)16(23)9-13/h3-4,7-9,11,17,31H,2,5-6,10H2,1H3,(H,25,27). The van der Waals surface area contributed by atoms with Gasteiger partial charge in [0, 0.05) is 30.4 Å². The minimum absolute atomic E-state index is 0.0329. The zero-order valence-corrected chi connectivity index (χ0v) is 20.0. The van der Waals surface area contributed by atoms with E-state index in [2.05, 4.69) is 18.2 Å². The molecule has 1 amide bonds. The van der Waals surface area contributed by atoms with Crippen molar-refractivity contribution in [2.24, 2.45) is 5.92 Å². The third kappa shape index (κ3) is 5.21. The van der Waals surface area contributed by atoms with E-state index >= 15 is 0 Å². The van der Waals surface area contributed by atoms with Crippen molar-refractivity contribution in [3.8, 4) is 0 Å². The number of nitrogens with zero attached hydrogens (tertiary/aromatic N) is 1. The van der Waals surface area contributed by atoms with Crippen LogP contribution >= 0.6 is 36.1 Å². The first-order valence-electron chi connectivity index (χ1n) is 9.64. The Labute approximate surface area is 200 Å². The van der Waals surface area contributed by atoms with Crippen LogP contribution in [0.1, 0.15) is 30.1 Å². The van der Waals surface area contributed by atoms with Crippen LogP contribution in [0.25, 0.3) is 0 Å². The second-order valence-corrected chi connectivity index (χ2v) is 10.2. The number of thiol groups is 1. The molecule has 0 bridgehead atoms. The highest BCUT2D eigenvalue weighted by molar-refractivity contribution is 7.89. The summed E-state index contributed by atoms with van der Waals surface area (Å²) in [7, 11) is -4.01. The van der Waals surface area contributed by atoms with E-state index in [-0.39, 0.29) is 46.3 Å². The number of nitrogens with one attached hydrogen (secondary N) is 1. The summed E-state index contributed by atoms with van der Waals surface area (Å²) in [4.78, 5) is 12.4. The van der Waals surface area contributed by atoms with E-state index in [9.17, 15) is 22.0 Å². The van der Waals surface area contributed by atoms with Gasteiger partial charge in [-0.2, -0.15) is 4.31 Å². The van der Waals surface area contributed by atoms with Crippen LogP contribution in [0.2, 0.25) is 10.0 Å². The van der Waals surface area contributed by atoms with Crippen LogP contribution in [0, 0.1) is 17.6 Å². The number of amides is 1. The number of benzene rings is 2. The Morgan fingerprint density at radius 2 is 1.97 bits per heavy atom. The molecule has 0 saturated carbocycles. The molecule has 174 valence electrons. The maximum absolute atomic E-state index is 13.6. The molecule has 1 aliphatic rings. The highest BCUT2D eigenvalue weighted by Crippen LogP contribution is 2.32. The lowest BCUT2D eigenvalue weighted by Gasteiger charge is -2.36. The zero-order chi connectivity index (χ0) is 23.6. The second kappa shape index (κ2) is 10.2. The van der Waals surface area contributed by atoms with Gasteiger partial charge in [0.2, 0.25) is 10.0 Å². The van der Waals surface area contributed by atoms with Crippen molar-refractivity contribution in [2.75, 3.05) is 18.4 Å². The summed E-state index contributed by atoms with van der Waals surface area (Å²) in [6.45, 7) is 2.37. The minimum atomic E-state index is -4.01. The van der Waals surface area contributed by atoms with Gasteiger partial charge in [0.15, 0.2) is 11.6 Å². The molecule has 0 aliphatic carbocycles. The van der Waals surface area contributed by atoms with Crippen molar-refractivity contribution in [3.63, 3.8) is 0 Å². The number of piperidine rings is 1. The van der Waals surface area contributed by atoms with E-state index < -0.39 is 32.6 Å². The number of rotatable bonds is 6. The Kier molecular flexibility index (Phi) is 8.06. The molecule has 6 nitrogen and oxygen atoms in total. The lowest BCUT2D eigenvalue weighted by atomic mass is 9.94. The number of hydrogen-bond acceptors (Lipinski definition) is 5. The van der Waals surface area contributed by atoms with Crippen molar-refractivity contribution in [1.82, 2.24) is 4.31 Å². The Bertz CT molecular complexity index is 1110. The molecular weight excluding hydrogens is 505 g/mol. The van der Waals surface area contributed by atoms with Crippen LogP contribution in [0.3, 0.4) is 0 Å². The third-order valence-electron chi connectivity index (χ3n) is 5.34. The molecule has 0 radical (unpaired) electrons. The fourth-order valence-electron chi connectivity index (χ4n) is 3.54. The van der Waals surface area contributed by atoms with Crippen LogP contribution in [-0.2, 0) is 14.2 Å². The van der Waals surface area contributed by atoms with Crippen molar-refractivity contribution in [3.05, 3.63) is 57.6 Å². The van der Waals surface area contributed by atoms with Gasteiger partial charge in [-0.15, -0.1) is 0 Å². The van der Waals surface area contributed by atoms with Crippen molar-refractivity contribution >= 4 is 57.7 Å². The molecule has 3 rings (SSSR count). The minimum Gasteiger partial charge on any atom is -0.322 e. The van der Waals surface area contributed by atoms with Crippen LogP contribution in [0.15, 0.2) is 35.2 Å². The highest BCUT2D eigenvalue weighted by Gasteiger charge is 2.36. The number of halogens is 4. The van der Waals surface area contributed by atoms with E-state index in [1.165, 1.54) is 16.4 Å². The van der Waals surface area contributed by atoms with Crippen molar-refractivity contribution in [1.29, 1.82) is 0 Å². The Hall–Kier alpha value is -1.43. The third-order valence-corrected chi connectivity index (χ3v) is 8.23. The number of sulfonamides is 1. The van der Waals surface area contributed by atoms with Gasteiger partial charge in [-0.1, -0.05) is 30.1 Å². The summed E-state index contributed by atoms with van der Waals surface area (Å²) in [6.07, 6.45) is 1.01. The highest BCUT2D eigenvalue weighted by atomic mass is 35.5. The van der Waals surface area contributed by atoms with Gasteiger partial charge in [0.1, 0.15) is 4.90 Å². The van der Waals surface area contributed by atoms with Crippen LogP contribution in [-0.4, -0.2) is 37.8 Å². The maximum atomic E-state index is 13.6. The predicted molar refractivity (Wildman–Crippen MR) is 122 cm³/mol. The molecule has 1 saturated heterocycles. The van der Waals surface area contributed by atoms with E-state index in [1.54, 1.807) is 0 Å². The number of carbonyl (C=O) groups excluding carboxylic acids is 1. The summed E-state index contributed by atoms with van der Waals surface area (Å²) in [5, 5.41) is 1.82. The van der Waals surface area contributed by atoms with Crippen molar-refractivity contribution in [2.45, 2.75) is 30.8 Å². The Morgan fingerprint density at radius 3 is 2.59 bits per heavy atom. The first kappa shape index (κ1) is 25.2. The predicted octanol–water partition coefficient (Wildman–Crippen LogP) is 5.17. The lowest BCUT2D eigenvalue weighted by molar-refractivity contribution is 0.0929. The molecule has 1 heterocycles. The van der Waals surface area contributed by atoms with Gasteiger partial charge >= 0.3 is 0 Å². The van der Waals surface area contributed by atoms with Gasteiger partial charge in [0.05, 0.1) is 16.1 Å². The molecule has 1 fully saturated rings. The lowest BCUT2D eigenvalue weighted by Crippen LogP contribution is -2.46. The molecule has 2 atom stereocenters. The molecule has 2 aromatic rings. The molecule has 12 heteroatoms. The average Bonchev–Trinajstić information content (AvgIpc) is 2.76. The van der Waals surface area contributed by atoms with E-state index in [1.807, 2.05) is 6.92 Å². The first-order chi connectivity index (χ1) is 15.1. The SMILES string of the molecule is CCC1CN(S(=O)(=O)c2cc(C(=O)Nc3cc(F)c(F)c(Cl)c3)ccc2Cl)CCC1OS. The van der Waals surface area contributed by atoms with Gasteiger partial charge in [0.25, 0.3) is 5.91 Å².